The molecule has 0 spiro atoms. The van der Waals surface area contributed by atoms with Crippen LogP contribution in [-0.2, 0) is 22.0 Å². The Balaban J connectivity index is 1.65. The SMILES string of the molecule is CC(C)(C)c1cc(CCC(=O)N/N=C\c2cccc(Oc3ccc([N+](=O)[O-])cc3C#N)c2)cc(C(C)(C)C)c1O. The molecule has 1 amide bonds. The van der Waals surface area contributed by atoms with E-state index in [9.17, 15) is 25.3 Å². The first-order chi connectivity index (χ1) is 18.7. The van der Waals surface area contributed by atoms with Crippen LogP contribution in [0.15, 0.2) is 59.7 Å². The van der Waals surface area contributed by atoms with Gasteiger partial charge in [-0.25, -0.2) is 5.43 Å². The summed E-state index contributed by atoms with van der Waals surface area (Å²) in [7, 11) is 0. The van der Waals surface area contributed by atoms with Crippen molar-refractivity contribution in [3.8, 4) is 23.3 Å². The highest BCUT2D eigenvalue weighted by atomic mass is 16.6. The number of phenolic OH excluding ortho intramolecular Hbond substituents is 1. The van der Waals surface area contributed by atoms with E-state index in [-0.39, 0.29) is 40.2 Å². The smallest absolute Gasteiger partial charge is 0.271 e. The average molecular weight is 543 g/mol. The summed E-state index contributed by atoms with van der Waals surface area (Å²) >= 11 is 0. The maximum Gasteiger partial charge on any atom is 0.271 e. The number of benzene rings is 3. The Labute approximate surface area is 234 Å². The van der Waals surface area contributed by atoms with E-state index in [4.69, 9.17) is 4.74 Å². The van der Waals surface area contributed by atoms with E-state index in [1.54, 1.807) is 24.3 Å². The van der Waals surface area contributed by atoms with Crippen LogP contribution in [0.1, 0.15) is 75.8 Å². The zero-order valence-electron chi connectivity index (χ0n) is 23.6. The molecule has 2 N–H and O–H groups in total. The van der Waals surface area contributed by atoms with Gasteiger partial charge in [-0.05, 0) is 57.7 Å². The molecule has 208 valence electrons. The Morgan fingerprint density at radius 3 is 2.30 bits per heavy atom. The molecular formula is C31H34N4O5. The highest BCUT2D eigenvalue weighted by Gasteiger charge is 2.26. The Kier molecular flexibility index (Phi) is 8.95. The third kappa shape index (κ3) is 7.67. The number of carbonyl (C=O) groups is 1. The minimum Gasteiger partial charge on any atom is -0.507 e. The van der Waals surface area contributed by atoms with Gasteiger partial charge in [0, 0.05) is 18.6 Å². The molecule has 0 fully saturated rings. The number of amides is 1. The molecule has 3 rings (SSSR count). The van der Waals surface area contributed by atoms with Crippen LogP contribution in [0, 0.1) is 21.4 Å². The Morgan fingerprint density at radius 1 is 1.07 bits per heavy atom. The maximum absolute atomic E-state index is 12.5. The summed E-state index contributed by atoms with van der Waals surface area (Å²) in [6.07, 6.45) is 2.19. The summed E-state index contributed by atoms with van der Waals surface area (Å²) in [4.78, 5) is 22.9. The summed E-state index contributed by atoms with van der Waals surface area (Å²) in [6.45, 7) is 12.3. The first-order valence-electron chi connectivity index (χ1n) is 12.8. The van der Waals surface area contributed by atoms with Crippen LogP contribution in [0.2, 0.25) is 0 Å². The van der Waals surface area contributed by atoms with Crippen LogP contribution in [0.25, 0.3) is 0 Å². The number of phenols is 1. The van der Waals surface area contributed by atoms with Crippen LogP contribution in [-0.4, -0.2) is 22.2 Å². The van der Waals surface area contributed by atoms with E-state index in [0.717, 1.165) is 22.8 Å². The summed E-state index contributed by atoms with van der Waals surface area (Å²) in [5.41, 5.74) is 5.20. The van der Waals surface area contributed by atoms with E-state index < -0.39 is 4.92 Å². The number of nitro benzene ring substituents is 1. The molecule has 0 aliphatic rings. The zero-order valence-corrected chi connectivity index (χ0v) is 23.6. The summed E-state index contributed by atoms with van der Waals surface area (Å²) in [6, 6.07) is 16.5. The van der Waals surface area contributed by atoms with Crippen LogP contribution in [0.3, 0.4) is 0 Å². The lowest BCUT2D eigenvalue weighted by Gasteiger charge is -2.28. The molecule has 0 aromatic heterocycles. The minimum atomic E-state index is -0.576. The molecule has 0 saturated heterocycles. The first-order valence-corrected chi connectivity index (χ1v) is 12.8. The van der Waals surface area contributed by atoms with Crippen LogP contribution >= 0.6 is 0 Å². The number of nitrogens with one attached hydrogen (secondary N) is 1. The summed E-state index contributed by atoms with van der Waals surface area (Å²) < 4.78 is 5.75. The number of ether oxygens (including phenoxy) is 1. The van der Waals surface area contributed by atoms with E-state index in [2.05, 4.69) is 10.5 Å². The fourth-order valence-corrected chi connectivity index (χ4v) is 4.07. The van der Waals surface area contributed by atoms with Gasteiger partial charge in [-0.1, -0.05) is 65.8 Å². The number of hydrogen-bond acceptors (Lipinski definition) is 7. The minimum absolute atomic E-state index is 0.0402. The van der Waals surface area contributed by atoms with E-state index in [1.807, 2.05) is 59.7 Å². The average Bonchev–Trinajstić information content (AvgIpc) is 2.87. The van der Waals surface area contributed by atoms with Gasteiger partial charge in [-0.3, -0.25) is 14.9 Å². The van der Waals surface area contributed by atoms with Crippen molar-refractivity contribution in [1.29, 1.82) is 5.26 Å². The number of rotatable bonds is 8. The number of hydrogen-bond donors (Lipinski definition) is 2. The fourth-order valence-electron chi connectivity index (χ4n) is 4.07. The molecule has 0 heterocycles. The fraction of sp³-hybridized carbons (Fsp3) is 0.323. The molecule has 3 aromatic rings. The summed E-state index contributed by atoms with van der Waals surface area (Å²) in [5, 5.41) is 35.2. The second kappa shape index (κ2) is 12.0. The summed E-state index contributed by atoms with van der Waals surface area (Å²) in [5.74, 6) is 0.642. The second-order valence-electron chi connectivity index (χ2n) is 11.6. The highest BCUT2D eigenvalue weighted by Crippen LogP contribution is 2.40. The molecular weight excluding hydrogens is 508 g/mol. The van der Waals surface area contributed by atoms with Crippen LogP contribution in [0.5, 0.6) is 17.2 Å². The highest BCUT2D eigenvalue weighted by molar-refractivity contribution is 5.83. The topological polar surface area (TPSA) is 138 Å². The number of carbonyl (C=O) groups excluding carboxylic acids is 1. The maximum atomic E-state index is 12.5. The van der Waals surface area contributed by atoms with Crippen LogP contribution < -0.4 is 10.2 Å². The second-order valence-corrected chi connectivity index (χ2v) is 11.6. The molecule has 0 saturated carbocycles. The van der Waals surface area contributed by atoms with Crippen molar-refractivity contribution in [2.45, 2.75) is 65.2 Å². The van der Waals surface area contributed by atoms with Crippen molar-refractivity contribution < 1.29 is 19.6 Å². The van der Waals surface area contributed by atoms with Gasteiger partial charge in [0.25, 0.3) is 5.69 Å². The van der Waals surface area contributed by atoms with Gasteiger partial charge in [0.15, 0.2) is 0 Å². The number of hydrazone groups is 1. The third-order valence-corrected chi connectivity index (χ3v) is 6.21. The standard InChI is InChI=1S/C31H34N4O5/c1-30(2,3)25-15-20(16-26(29(25)37)31(4,5)6)10-13-28(36)34-33-19-21-8-7-9-24(14-21)40-27-12-11-23(35(38)39)17-22(27)18-32/h7-9,11-12,14-17,19,37H,10,13H2,1-6H3,(H,34,36)/b33-19-. The molecule has 0 unspecified atom stereocenters. The van der Waals surface area contributed by atoms with Gasteiger partial charge >= 0.3 is 0 Å². The molecule has 0 aliphatic carbocycles. The third-order valence-electron chi connectivity index (χ3n) is 6.21. The van der Waals surface area contributed by atoms with Crippen molar-refractivity contribution in [3.63, 3.8) is 0 Å². The number of aryl methyl sites for hydroxylation is 1. The molecule has 9 nitrogen and oxygen atoms in total. The van der Waals surface area contributed by atoms with Crippen molar-refractivity contribution in [3.05, 3.63) is 92.5 Å². The van der Waals surface area contributed by atoms with Gasteiger partial charge < -0.3 is 9.84 Å². The predicted octanol–water partition coefficient (Wildman–Crippen LogP) is 6.64. The van der Waals surface area contributed by atoms with Gasteiger partial charge in [0.05, 0.1) is 11.1 Å². The van der Waals surface area contributed by atoms with Crippen molar-refractivity contribution in [2.24, 2.45) is 5.10 Å². The first kappa shape index (κ1) is 29.8. The number of nitrogens with zero attached hydrogens (tertiary/aromatic N) is 3. The largest absolute Gasteiger partial charge is 0.507 e. The molecule has 0 radical (unpaired) electrons. The molecule has 0 atom stereocenters. The lowest BCUT2D eigenvalue weighted by atomic mass is 9.78. The lowest BCUT2D eigenvalue weighted by molar-refractivity contribution is -0.384. The molecule has 9 heteroatoms. The van der Waals surface area contributed by atoms with Gasteiger partial charge in [0.1, 0.15) is 28.9 Å². The van der Waals surface area contributed by atoms with Gasteiger partial charge in [0.2, 0.25) is 5.91 Å². The van der Waals surface area contributed by atoms with Crippen LogP contribution in [0.4, 0.5) is 5.69 Å². The molecule has 0 bridgehead atoms. The Bertz CT molecular complexity index is 1460. The van der Waals surface area contributed by atoms with Crippen molar-refractivity contribution in [2.75, 3.05) is 0 Å². The normalized spacial score (nSPS) is 11.7. The van der Waals surface area contributed by atoms with Crippen molar-refractivity contribution in [1.82, 2.24) is 5.43 Å². The molecule has 0 aliphatic heterocycles. The monoisotopic (exact) mass is 542 g/mol. The van der Waals surface area contributed by atoms with E-state index in [1.165, 1.54) is 18.3 Å². The molecule has 40 heavy (non-hydrogen) atoms. The predicted molar refractivity (Wildman–Crippen MR) is 154 cm³/mol. The number of aromatic hydroxyl groups is 1. The van der Waals surface area contributed by atoms with Crippen molar-refractivity contribution >= 4 is 17.8 Å². The zero-order chi connectivity index (χ0) is 29.7. The van der Waals surface area contributed by atoms with Gasteiger partial charge in [-0.2, -0.15) is 10.4 Å². The number of nitro groups is 1. The quantitative estimate of drug-likeness (QED) is 0.186. The van der Waals surface area contributed by atoms with E-state index >= 15 is 0 Å². The Morgan fingerprint density at radius 2 is 1.73 bits per heavy atom. The lowest BCUT2D eigenvalue weighted by Crippen LogP contribution is -2.20. The van der Waals surface area contributed by atoms with Gasteiger partial charge in [-0.15, -0.1) is 0 Å². The molecule has 3 aromatic carbocycles. The van der Waals surface area contributed by atoms with E-state index in [0.29, 0.717) is 23.5 Å². The number of nitriles is 1. The number of non-ortho nitro benzene ring substituents is 1. The Hall–Kier alpha value is -4.71.